The van der Waals surface area contributed by atoms with Crippen LogP contribution in [0.4, 0.5) is 23.0 Å². The number of aryl methyl sites for hydroxylation is 1. The second-order valence-corrected chi connectivity index (χ2v) is 12.1. The van der Waals surface area contributed by atoms with Crippen LogP contribution in [0.15, 0.2) is 107 Å². The number of imidazole rings is 1. The highest BCUT2D eigenvalue weighted by Gasteiger charge is 2.23. The Hall–Kier alpha value is -5.85. The molecule has 0 aliphatic carbocycles. The predicted octanol–water partition coefficient (Wildman–Crippen LogP) is 7.32. The van der Waals surface area contributed by atoms with Crippen LogP contribution in [-0.4, -0.2) is 56.7 Å². The number of anilines is 4. The Labute approximate surface area is 279 Å². The number of thiazole rings is 1. The summed E-state index contributed by atoms with van der Waals surface area (Å²) in [6.07, 6.45) is 3.72. The quantitative estimate of drug-likeness (QED) is 0.174. The molecule has 0 saturated carbocycles. The molecule has 2 N–H and O–H groups in total. The molecule has 3 aromatic carbocycles. The number of amides is 1. The van der Waals surface area contributed by atoms with Crippen LogP contribution in [0, 0.1) is 6.92 Å². The van der Waals surface area contributed by atoms with Crippen LogP contribution in [0.5, 0.6) is 0 Å². The second kappa shape index (κ2) is 12.7. The largest absolute Gasteiger partial charge is 0.378 e. The van der Waals surface area contributed by atoms with E-state index in [4.69, 9.17) is 19.2 Å². The number of hydrogen-bond donors (Lipinski definition) is 2. The summed E-state index contributed by atoms with van der Waals surface area (Å²) in [6, 6.07) is 27.3. The molecule has 0 atom stereocenters. The fourth-order valence-corrected chi connectivity index (χ4v) is 6.57. The number of rotatable bonds is 8. The number of nitrogens with one attached hydrogen (secondary N) is 2. The van der Waals surface area contributed by atoms with Crippen LogP contribution in [-0.2, 0) is 4.74 Å². The number of carbonyl (C=O) groups is 1. The number of aromatic nitrogens is 5. The van der Waals surface area contributed by atoms with E-state index in [9.17, 15) is 4.79 Å². The molecule has 0 bridgehead atoms. The van der Waals surface area contributed by atoms with Crippen molar-refractivity contribution in [3.05, 3.63) is 114 Å². The van der Waals surface area contributed by atoms with Gasteiger partial charge in [-0.2, -0.15) is 0 Å². The second-order valence-electron chi connectivity index (χ2n) is 11.3. The topological polar surface area (TPSA) is 123 Å². The zero-order valence-corrected chi connectivity index (χ0v) is 26.8. The molecular formula is C36H30N8O3S. The average molecular weight is 655 g/mol. The molecule has 8 rings (SSSR count). The van der Waals surface area contributed by atoms with Gasteiger partial charge >= 0.3 is 0 Å². The van der Waals surface area contributed by atoms with Gasteiger partial charge in [0.1, 0.15) is 22.7 Å². The minimum absolute atomic E-state index is 0.305. The normalized spacial score (nSPS) is 13.1. The standard InChI is InChI=1S/C36H30N8O3S/c1-23-30(31(42-47-23)24-6-3-2-4-7-24)34(45)38-27-9-5-8-25(22-27)32-33(44-18-21-48-36(44)41-32)29-14-15-37-35(40-29)39-26-10-12-28(13-11-26)43-16-19-46-20-17-43/h2-15,18,21-22H,16-17,19-20H2,1H3,(H,38,45)(H,37,39,40). The summed E-state index contributed by atoms with van der Waals surface area (Å²) in [4.78, 5) is 31.1. The van der Waals surface area contributed by atoms with Crippen LogP contribution in [0.3, 0.4) is 0 Å². The van der Waals surface area contributed by atoms with Crippen molar-refractivity contribution in [2.24, 2.45) is 0 Å². The minimum Gasteiger partial charge on any atom is -0.378 e. The Morgan fingerprint density at radius 1 is 0.875 bits per heavy atom. The summed E-state index contributed by atoms with van der Waals surface area (Å²) in [6.45, 7) is 4.99. The zero-order valence-electron chi connectivity index (χ0n) is 26.0. The van der Waals surface area contributed by atoms with Gasteiger partial charge in [-0.1, -0.05) is 47.6 Å². The molecule has 1 amide bonds. The summed E-state index contributed by atoms with van der Waals surface area (Å²) in [5.74, 6) is 0.614. The molecule has 1 aliphatic rings. The molecular weight excluding hydrogens is 625 g/mol. The third-order valence-electron chi connectivity index (χ3n) is 8.19. The van der Waals surface area contributed by atoms with Crippen molar-refractivity contribution in [3.8, 4) is 33.9 Å². The molecule has 48 heavy (non-hydrogen) atoms. The predicted molar refractivity (Wildman–Crippen MR) is 187 cm³/mol. The number of hydrogen-bond acceptors (Lipinski definition) is 10. The molecule has 0 radical (unpaired) electrons. The van der Waals surface area contributed by atoms with Gasteiger partial charge in [0.25, 0.3) is 5.91 Å². The van der Waals surface area contributed by atoms with Gasteiger partial charge in [0.05, 0.1) is 24.6 Å². The molecule has 1 fully saturated rings. The van der Waals surface area contributed by atoms with Crippen molar-refractivity contribution in [2.75, 3.05) is 41.8 Å². The number of ether oxygens (including phenoxy) is 1. The van der Waals surface area contributed by atoms with Gasteiger partial charge < -0.3 is 24.8 Å². The van der Waals surface area contributed by atoms with E-state index in [1.807, 2.05) is 88.8 Å². The molecule has 12 heteroatoms. The first-order valence-corrected chi connectivity index (χ1v) is 16.4. The van der Waals surface area contributed by atoms with E-state index in [1.54, 1.807) is 13.1 Å². The van der Waals surface area contributed by atoms with Gasteiger partial charge in [-0.3, -0.25) is 9.20 Å². The van der Waals surface area contributed by atoms with Crippen molar-refractivity contribution in [1.82, 2.24) is 24.5 Å². The highest BCUT2D eigenvalue weighted by atomic mass is 32.1. The van der Waals surface area contributed by atoms with Gasteiger partial charge in [0.15, 0.2) is 4.96 Å². The van der Waals surface area contributed by atoms with E-state index in [0.29, 0.717) is 34.3 Å². The van der Waals surface area contributed by atoms with E-state index in [1.165, 1.54) is 11.3 Å². The lowest BCUT2D eigenvalue weighted by Gasteiger charge is -2.28. The number of morpholine rings is 1. The maximum absolute atomic E-state index is 13.6. The van der Waals surface area contributed by atoms with Gasteiger partial charge in [-0.15, -0.1) is 11.3 Å². The number of fused-ring (bicyclic) bond motifs is 1. The molecule has 0 spiro atoms. The fourth-order valence-electron chi connectivity index (χ4n) is 5.86. The molecule has 11 nitrogen and oxygen atoms in total. The molecule has 238 valence electrons. The SMILES string of the molecule is Cc1onc(-c2ccccc2)c1C(=O)Nc1cccc(-c2nc3sccn3c2-c2ccnc(Nc3ccc(N4CCOCC4)cc3)n2)c1. The lowest BCUT2D eigenvalue weighted by Crippen LogP contribution is -2.36. The summed E-state index contributed by atoms with van der Waals surface area (Å²) in [7, 11) is 0. The summed E-state index contributed by atoms with van der Waals surface area (Å²) < 4.78 is 12.9. The zero-order chi connectivity index (χ0) is 32.5. The van der Waals surface area contributed by atoms with Crippen LogP contribution in [0.25, 0.3) is 38.9 Å². The maximum atomic E-state index is 13.6. The number of benzene rings is 3. The lowest BCUT2D eigenvalue weighted by atomic mass is 10.0. The van der Waals surface area contributed by atoms with Crippen LogP contribution >= 0.6 is 11.3 Å². The molecule has 0 unspecified atom stereocenters. The number of nitrogens with zero attached hydrogens (tertiary/aromatic N) is 6. The number of carbonyl (C=O) groups excluding carboxylic acids is 1. The molecule has 1 aliphatic heterocycles. The smallest absolute Gasteiger partial charge is 0.261 e. The first-order chi connectivity index (χ1) is 23.6. The van der Waals surface area contributed by atoms with E-state index >= 15 is 0 Å². The minimum atomic E-state index is -0.305. The molecule has 5 heterocycles. The van der Waals surface area contributed by atoms with Gasteiger partial charge in [-0.05, 0) is 49.4 Å². The Bertz CT molecular complexity index is 2220. The Balaban J connectivity index is 1.07. The molecule has 7 aromatic rings. The van der Waals surface area contributed by atoms with Gasteiger partial charge in [-0.25, -0.2) is 15.0 Å². The third-order valence-corrected chi connectivity index (χ3v) is 8.95. The summed E-state index contributed by atoms with van der Waals surface area (Å²) in [5.41, 5.74) is 7.47. The molecule has 4 aromatic heterocycles. The van der Waals surface area contributed by atoms with E-state index in [-0.39, 0.29) is 5.91 Å². The lowest BCUT2D eigenvalue weighted by molar-refractivity contribution is 0.102. The van der Waals surface area contributed by atoms with Gasteiger partial charge in [0.2, 0.25) is 5.95 Å². The van der Waals surface area contributed by atoms with Crippen LogP contribution < -0.4 is 15.5 Å². The average Bonchev–Trinajstić information content (AvgIpc) is 3.84. The van der Waals surface area contributed by atoms with E-state index in [2.05, 4.69) is 37.8 Å². The maximum Gasteiger partial charge on any atom is 0.261 e. The molecule has 1 saturated heterocycles. The third kappa shape index (κ3) is 5.78. The fraction of sp³-hybridized carbons (Fsp3) is 0.139. The van der Waals surface area contributed by atoms with Gasteiger partial charge in [0, 0.05) is 59.1 Å². The van der Waals surface area contributed by atoms with Crippen LogP contribution in [0.1, 0.15) is 16.1 Å². The Kier molecular flexibility index (Phi) is 7.84. The van der Waals surface area contributed by atoms with E-state index < -0.39 is 0 Å². The van der Waals surface area contributed by atoms with E-state index in [0.717, 1.165) is 65.2 Å². The van der Waals surface area contributed by atoms with Crippen molar-refractivity contribution in [3.63, 3.8) is 0 Å². The first kappa shape index (κ1) is 29.5. The van der Waals surface area contributed by atoms with Crippen molar-refractivity contribution < 1.29 is 14.1 Å². The summed E-state index contributed by atoms with van der Waals surface area (Å²) >= 11 is 1.54. The highest BCUT2D eigenvalue weighted by Crippen LogP contribution is 2.35. The Morgan fingerprint density at radius 2 is 1.69 bits per heavy atom. The monoisotopic (exact) mass is 654 g/mol. The van der Waals surface area contributed by atoms with Crippen molar-refractivity contribution in [2.45, 2.75) is 6.92 Å². The highest BCUT2D eigenvalue weighted by molar-refractivity contribution is 7.15. The van der Waals surface area contributed by atoms with Crippen LogP contribution in [0.2, 0.25) is 0 Å². The van der Waals surface area contributed by atoms with Crippen molar-refractivity contribution in [1.29, 1.82) is 0 Å². The Morgan fingerprint density at radius 3 is 2.52 bits per heavy atom. The van der Waals surface area contributed by atoms with Crippen molar-refractivity contribution >= 4 is 45.2 Å². The first-order valence-electron chi connectivity index (χ1n) is 15.5. The summed E-state index contributed by atoms with van der Waals surface area (Å²) in [5, 5.41) is 12.5.